The lowest BCUT2D eigenvalue weighted by Gasteiger charge is -2.13. The van der Waals surface area contributed by atoms with E-state index in [1.807, 2.05) is 19.1 Å². The van der Waals surface area contributed by atoms with Gasteiger partial charge in [0.25, 0.3) is 0 Å². The van der Waals surface area contributed by atoms with Crippen LogP contribution in [0.15, 0.2) is 48.5 Å². The molecule has 2 aromatic carbocycles. The maximum Gasteiger partial charge on any atom is 0.142 e. The van der Waals surface area contributed by atoms with Gasteiger partial charge in [0, 0.05) is 6.54 Å². The van der Waals surface area contributed by atoms with Crippen LogP contribution in [-0.2, 0) is 6.42 Å². The highest BCUT2D eigenvalue weighted by Gasteiger charge is 2.03. The number of aryl methyl sites for hydroxylation is 1. The fourth-order valence-corrected chi connectivity index (χ4v) is 2.05. The highest BCUT2D eigenvalue weighted by Crippen LogP contribution is 2.25. The predicted molar refractivity (Wildman–Crippen MR) is 81.0 cm³/mol. The zero-order chi connectivity index (χ0) is 13.5. The van der Waals surface area contributed by atoms with Gasteiger partial charge < -0.3 is 10.1 Å². The third kappa shape index (κ3) is 4.02. The molecule has 0 radical (unpaired) electrons. The van der Waals surface area contributed by atoms with Crippen molar-refractivity contribution >= 4 is 5.69 Å². The monoisotopic (exact) mass is 255 g/mol. The summed E-state index contributed by atoms with van der Waals surface area (Å²) in [5, 5.41) is 3.46. The lowest BCUT2D eigenvalue weighted by Crippen LogP contribution is -2.07. The van der Waals surface area contributed by atoms with Crippen LogP contribution in [-0.4, -0.2) is 13.2 Å². The van der Waals surface area contributed by atoms with Crippen LogP contribution >= 0.6 is 0 Å². The normalized spacial score (nSPS) is 10.2. The van der Waals surface area contributed by atoms with E-state index in [-0.39, 0.29) is 0 Å². The number of anilines is 1. The van der Waals surface area contributed by atoms with Gasteiger partial charge in [-0.05, 0) is 43.5 Å². The number of rotatable bonds is 6. The van der Waals surface area contributed by atoms with E-state index in [0.29, 0.717) is 6.61 Å². The van der Waals surface area contributed by atoms with Crippen LogP contribution in [0.1, 0.15) is 18.1 Å². The van der Waals surface area contributed by atoms with E-state index >= 15 is 0 Å². The molecule has 0 aromatic heterocycles. The van der Waals surface area contributed by atoms with Crippen LogP contribution in [0.2, 0.25) is 0 Å². The molecular formula is C17H21NO. The molecule has 19 heavy (non-hydrogen) atoms. The van der Waals surface area contributed by atoms with Crippen LogP contribution in [0.4, 0.5) is 5.69 Å². The lowest BCUT2D eigenvalue weighted by atomic mass is 10.1. The Labute approximate surface area is 115 Å². The van der Waals surface area contributed by atoms with Gasteiger partial charge in [-0.3, -0.25) is 0 Å². The van der Waals surface area contributed by atoms with E-state index in [4.69, 9.17) is 4.74 Å². The number of hydrogen-bond donors (Lipinski definition) is 1. The highest BCUT2D eigenvalue weighted by atomic mass is 16.5. The first-order chi connectivity index (χ1) is 9.29. The zero-order valence-corrected chi connectivity index (χ0v) is 11.6. The third-order valence-corrected chi connectivity index (χ3v) is 3.01. The van der Waals surface area contributed by atoms with Gasteiger partial charge in [-0.2, -0.15) is 0 Å². The minimum absolute atomic E-state index is 0.691. The SMILES string of the molecule is CCOc1ccc(C)cc1NCCc1ccccc1. The second kappa shape index (κ2) is 6.83. The number of nitrogens with one attached hydrogen (secondary N) is 1. The topological polar surface area (TPSA) is 21.3 Å². The minimum atomic E-state index is 0.691. The van der Waals surface area contributed by atoms with Crippen LogP contribution < -0.4 is 10.1 Å². The molecule has 0 amide bonds. The first-order valence-electron chi connectivity index (χ1n) is 6.81. The average molecular weight is 255 g/mol. The van der Waals surface area contributed by atoms with E-state index in [2.05, 4.69) is 48.6 Å². The molecule has 100 valence electrons. The molecule has 0 heterocycles. The molecule has 0 fully saturated rings. The molecule has 2 aromatic rings. The molecule has 0 bridgehead atoms. The molecule has 0 spiro atoms. The van der Waals surface area contributed by atoms with Crippen molar-refractivity contribution in [1.82, 2.24) is 0 Å². The predicted octanol–water partition coefficient (Wildman–Crippen LogP) is 4.05. The van der Waals surface area contributed by atoms with Crippen molar-refractivity contribution < 1.29 is 4.74 Å². The molecule has 0 unspecified atom stereocenters. The van der Waals surface area contributed by atoms with E-state index in [9.17, 15) is 0 Å². The Bertz CT molecular complexity index is 508. The van der Waals surface area contributed by atoms with Gasteiger partial charge in [0.05, 0.1) is 12.3 Å². The summed E-state index contributed by atoms with van der Waals surface area (Å²) in [6.07, 6.45) is 1.01. The third-order valence-electron chi connectivity index (χ3n) is 3.01. The molecule has 0 aliphatic carbocycles. The number of hydrogen-bond acceptors (Lipinski definition) is 2. The summed E-state index contributed by atoms with van der Waals surface area (Å²) >= 11 is 0. The fourth-order valence-electron chi connectivity index (χ4n) is 2.05. The summed E-state index contributed by atoms with van der Waals surface area (Å²) in [4.78, 5) is 0. The standard InChI is InChI=1S/C17H21NO/c1-3-19-17-10-9-14(2)13-16(17)18-12-11-15-7-5-4-6-8-15/h4-10,13,18H,3,11-12H2,1-2H3. The van der Waals surface area contributed by atoms with E-state index in [0.717, 1.165) is 24.4 Å². The minimum Gasteiger partial charge on any atom is -0.492 e. The number of benzene rings is 2. The maximum atomic E-state index is 5.63. The quantitative estimate of drug-likeness (QED) is 0.841. The van der Waals surface area contributed by atoms with Crippen molar-refractivity contribution in [2.45, 2.75) is 20.3 Å². The van der Waals surface area contributed by atoms with Crippen molar-refractivity contribution in [2.75, 3.05) is 18.5 Å². The van der Waals surface area contributed by atoms with Gasteiger partial charge in [0.15, 0.2) is 0 Å². The number of ether oxygens (including phenoxy) is 1. The van der Waals surface area contributed by atoms with Gasteiger partial charge in [-0.15, -0.1) is 0 Å². The first kappa shape index (κ1) is 13.5. The first-order valence-corrected chi connectivity index (χ1v) is 6.81. The Hall–Kier alpha value is -1.96. The van der Waals surface area contributed by atoms with Crippen molar-refractivity contribution in [1.29, 1.82) is 0 Å². The van der Waals surface area contributed by atoms with Gasteiger partial charge in [-0.25, -0.2) is 0 Å². The van der Waals surface area contributed by atoms with Crippen molar-refractivity contribution in [3.8, 4) is 5.75 Å². The van der Waals surface area contributed by atoms with Gasteiger partial charge in [-0.1, -0.05) is 36.4 Å². The zero-order valence-electron chi connectivity index (χ0n) is 11.6. The molecule has 2 nitrogen and oxygen atoms in total. The van der Waals surface area contributed by atoms with Crippen molar-refractivity contribution in [3.63, 3.8) is 0 Å². The van der Waals surface area contributed by atoms with Crippen LogP contribution in [0.5, 0.6) is 5.75 Å². The van der Waals surface area contributed by atoms with E-state index in [1.54, 1.807) is 0 Å². The van der Waals surface area contributed by atoms with E-state index < -0.39 is 0 Å². The Kier molecular flexibility index (Phi) is 4.85. The lowest BCUT2D eigenvalue weighted by molar-refractivity contribution is 0.341. The summed E-state index contributed by atoms with van der Waals surface area (Å²) in [7, 11) is 0. The highest BCUT2D eigenvalue weighted by molar-refractivity contribution is 5.58. The Balaban J connectivity index is 1.96. The van der Waals surface area contributed by atoms with Crippen LogP contribution in [0.25, 0.3) is 0 Å². The largest absolute Gasteiger partial charge is 0.492 e. The summed E-state index contributed by atoms with van der Waals surface area (Å²) in [6.45, 7) is 5.70. The molecule has 2 heteroatoms. The fraction of sp³-hybridized carbons (Fsp3) is 0.294. The van der Waals surface area contributed by atoms with Gasteiger partial charge in [0.1, 0.15) is 5.75 Å². The Morgan fingerprint density at radius 1 is 1.05 bits per heavy atom. The Morgan fingerprint density at radius 2 is 1.84 bits per heavy atom. The molecule has 0 aliphatic heterocycles. The molecule has 0 atom stereocenters. The Morgan fingerprint density at radius 3 is 2.58 bits per heavy atom. The van der Waals surface area contributed by atoms with Gasteiger partial charge >= 0.3 is 0 Å². The molecule has 0 saturated carbocycles. The van der Waals surface area contributed by atoms with Crippen LogP contribution in [0.3, 0.4) is 0 Å². The second-order valence-corrected chi connectivity index (χ2v) is 4.60. The van der Waals surface area contributed by atoms with Crippen LogP contribution in [0, 0.1) is 6.92 Å². The molecule has 1 N–H and O–H groups in total. The molecular weight excluding hydrogens is 234 g/mol. The van der Waals surface area contributed by atoms with Crippen molar-refractivity contribution in [2.24, 2.45) is 0 Å². The maximum absolute atomic E-state index is 5.63. The second-order valence-electron chi connectivity index (χ2n) is 4.60. The van der Waals surface area contributed by atoms with Crippen molar-refractivity contribution in [3.05, 3.63) is 59.7 Å². The van der Waals surface area contributed by atoms with Gasteiger partial charge in [0.2, 0.25) is 0 Å². The summed E-state index contributed by atoms with van der Waals surface area (Å²) in [5.74, 6) is 0.932. The molecule has 2 rings (SSSR count). The average Bonchev–Trinajstić information content (AvgIpc) is 2.43. The smallest absolute Gasteiger partial charge is 0.142 e. The molecule has 0 aliphatic rings. The summed E-state index contributed by atoms with van der Waals surface area (Å²) < 4.78 is 5.63. The molecule has 0 saturated heterocycles. The summed E-state index contributed by atoms with van der Waals surface area (Å²) in [5.41, 5.74) is 3.67. The van der Waals surface area contributed by atoms with E-state index in [1.165, 1.54) is 11.1 Å². The summed E-state index contributed by atoms with van der Waals surface area (Å²) in [6, 6.07) is 16.8.